The summed E-state index contributed by atoms with van der Waals surface area (Å²) in [5, 5.41) is 0. The Bertz CT molecular complexity index is 741. The van der Waals surface area contributed by atoms with E-state index in [1.54, 1.807) is 20.4 Å². The molecule has 4 unspecified atom stereocenters. The van der Waals surface area contributed by atoms with Crippen LogP contribution in [-0.2, 0) is 18.1 Å². The van der Waals surface area contributed by atoms with Crippen molar-refractivity contribution >= 4 is 110 Å². The number of ether oxygens (including phenoxy) is 1. The third kappa shape index (κ3) is 6.94. The Morgan fingerprint density at radius 3 is 2.65 bits per heavy atom. The summed E-state index contributed by atoms with van der Waals surface area (Å²) < 4.78 is 27.5. The maximum Gasteiger partial charge on any atom is 0.270 e. The Labute approximate surface area is 201 Å². The van der Waals surface area contributed by atoms with Gasteiger partial charge in [-0.1, -0.05) is 0 Å². The summed E-state index contributed by atoms with van der Waals surface area (Å²) in [6, 6.07) is 0. The molecule has 2 aromatic heterocycles. The molecule has 26 heavy (non-hydrogen) atoms. The summed E-state index contributed by atoms with van der Waals surface area (Å²) in [6.45, 7) is -0.102. The second kappa shape index (κ2) is 12.7. The number of anilines is 1. The van der Waals surface area contributed by atoms with Crippen molar-refractivity contribution in [1.29, 1.82) is 0 Å². The van der Waals surface area contributed by atoms with Gasteiger partial charge < -0.3 is 24.2 Å². The van der Waals surface area contributed by atoms with Gasteiger partial charge in [-0.25, -0.2) is 15.0 Å². The zero-order valence-corrected chi connectivity index (χ0v) is 17.4. The molecule has 2 N–H and O–H groups in total. The van der Waals surface area contributed by atoms with E-state index >= 15 is 0 Å². The molecule has 1 fully saturated rings. The number of hydrogen-bond acceptors (Lipinski definition) is 9. The van der Waals surface area contributed by atoms with Gasteiger partial charge in [0, 0.05) is 84.9 Å². The van der Waals surface area contributed by atoms with Gasteiger partial charge >= 0.3 is 0 Å². The molecule has 3 rings (SSSR count). The maximum absolute atomic E-state index is 11.1. The fraction of sp³-hybridized carbons (Fsp3) is 0.500. The van der Waals surface area contributed by atoms with Crippen molar-refractivity contribution in [2.45, 2.75) is 25.2 Å². The minimum Gasteiger partial charge on any atom is -0.756 e. The quantitative estimate of drug-likeness (QED) is 0.508. The van der Waals surface area contributed by atoms with E-state index < -0.39 is 7.82 Å². The minimum absolute atomic E-state index is 0. The molecule has 0 spiro atoms. The van der Waals surface area contributed by atoms with Gasteiger partial charge in [-0.2, -0.15) is 0 Å². The van der Waals surface area contributed by atoms with Crippen LogP contribution in [0.5, 0.6) is 0 Å². The van der Waals surface area contributed by atoms with Gasteiger partial charge in [-0.05, 0) is 12.8 Å². The Balaban J connectivity index is 0. The van der Waals surface area contributed by atoms with Crippen LogP contribution in [0.3, 0.4) is 0 Å². The van der Waals surface area contributed by atoms with Gasteiger partial charge in [-0.15, -0.1) is 0 Å². The first kappa shape index (κ1) is 29.4. The number of imidazole rings is 1. The van der Waals surface area contributed by atoms with E-state index in [2.05, 4.69) is 19.3 Å². The summed E-state index contributed by atoms with van der Waals surface area (Å²) in [7, 11) is -2.63. The number of rotatable bonds is 5. The first-order chi connectivity index (χ1) is 10.5. The molecule has 16 heteroatoms. The third-order valence-corrected chi connectivity index (χ3v) is 4.83. The summed E-state index contributed by atoms with van der Waals surface area (Å²) in [4.78, 5) is 23.3. The Kier molecular flexibility index (Phi) is 14.4. The monoisotopic (exact) mass is 374 g/mol. The first-order valence-electron chi connectivity index (χ1n) is 6.42. The van der Waals surface area contributed by atoms with Gasteiger partial charge in [-0.3, -0.25) is 9.13 Å². The van der Waals surface area contributed by atoms with E-state index in [0.717, 1.165) is 0 Å². The minimum atomic E-state index is -4.27. The van der Waals surface area contributed by atoms with Crippen molar-refractivity contribution in [2.75, 3.05) is 12.3 Å². The molecular formula is C10H14Li4N5O5P2-. The number of phosphoric acid groups is 1. The smallest absolute Gasteiger partial charge is 0.270 e. The van der Waals surface area contributed by atoms with Crippen molar-refractivity contribution in [3.63, 3.8) is 0 Å². The van der Waals surface area contributed by atoms with Crippen LogP contribution in [0.25, 0.3) is 11.2 Å². The predicted molar refractivity (Wildman–Crippen MR) is 100 cm³/mol. The van der Waals surface area contributed by atoms with Crippen molar-refractivity contribution in [2.24, 2.45) is 0 Å². The standard InChI is InChI=1S/C10H15N5O5P2.4Li/c11-9-8-10(13-4-12-9)15(5-14-8)7-2-1-6(19-7)3-18-22(16,17)20-21;;;;/h4-7H,1-3,21H2,(H,16,17)(H2,11,12,13);;;;/p-1. The van der Waals surface area contributed by atoms with Gasteiger partial charge in [0.15, 0.2) is 11.5 Å². The molecule has 4 radical (unpaired) electrons. The second-order valence-corrected chi connectivity index (χ2v) is 6.72. The molecular weight excluding hydrogens is 360 g/mol. The summed E-state index contributed by atoms with van der Waals surface area (Å²) in [5.41, 5.74) is 6.81. The fourth-order valence-corrected chi connectivity index (χ4v) is 2.89. The molecule has 1 aliphatic heterocycles. The van der Waals surface area contributed by atoms with E-state index in [1.165, 1.54) is 6.33 Å². The normalized spacial score (nSPS) is 20.8. The third-order valence-electron chi connectivity index (χ3n) is 3.33. The van der Waals surface area contributed by atoms with E-state index in [4.69, 9.17) is 15.0 Å². The van der Waals surface area contributed by atoms with E-state index in [-0.39, 0.29) is 94.4 Å². The van der Waals surface area contributed by atoms with Crippen LogP contribution in [0.1, 0.15) is 19.1 Å². The van der Waals surface area contributed by atoms with E-state index in [0.29, 0.717) is 29.8 Å². The van der Waals surface area contributed by atoms with Crippen molar-refractivity contribution in [3.05, 3.63) is 12.7 Å². The average molecular weight is 374 g/mol. The van der Waals surface area contributed by atoms with Crippen LogP contribution >= 0.6 is 17.3 Å². The van der Waals surface area contributed by atoms with Gasteiger partial charge in [0.2, 0.25) is 0 Å². The van der Waals surface area contributed by atoms with E-state index in [1.807, 2.05) is 0 Å². The summed E-state index contributed by atoms with van der Waals surface area (Å²) in [5.74, 6) is 0.298. The van der Waals surface area contributed by atoms with Crippen LogP contribution in [0, 0.1) is 0 Å². The Morgan fingerprint density at radius 2 is 2.00 bits per heavy atom. The zero-order valence-electron chi connectivity index (χ0n) is 15.4. The van der Waals surface area contributed by atoms with Crippen LogP contribution in [0.4, 0.5) is 5.82 Å². The van der Waals surface area contributed by atoms with E-state index in [9.17, 15) is 9.46 Å². The van der Waals surface area contributed by atoms with Crippen LogP contribution in [0.2, 0.25) is 0 Å². The molecule has 0 bridgehead atoms. The maximum atomic E-state index is 11.1. The molecule has 4 atom stereocenters. The molecule has 0 amide bonds. The Morgan fingerprint density at radius 1 is 1.31 bits per heavy atom. The Hall–Kier alpha value is 1.24. The van der Waals surface area contributed by atoms with Crippen LogP contribution in [-0.4, -0.2) is 108 Å². The predicted octanol–water partition coefficient (Wildman–Crippen LogP) is -1.15. The number of phosphoric ester groups is 1. The second-order valence-electron chi connectivity index (χ2n) is 4.72. The molecule has 10 nitrogen and oxygen atoms in total. The fourth-order valence-electron chi connectivity index (χ4n) is 2.30. The molecule has 124 valence electrons. The van der Waals surface area contributed by atoms with Gasteiger partial charge in [0.25, 0.3) is 7.82 Å². The van der Waals surface area contributed by atoms with Crippen molar-refractivity contribution in [1.82, 2.24) is 19.5 Å². The molecule has 2 aromatic rings. The van der Waals surface area contributed by atoms with Crippen LogP contribution in [0.15, 0.2) is 12.7 Å². The number of nitrogens with zero attached hydrogens (tertiary/aromatic N) is 4. The number of nitrogens with two attached hydrogens (primary N) is 1. The number of aromatic nitrogens is 4. The van der Waals surface area contributed by atoms with Crippen LogP contribution < -0.4 is 10.6 Å². The molecule has 0 aromatic carbocycles. The van der Waals surface area contributed by atoms with Gasteiger partial charge in [0.05, 0.1) is 19.0 Å². The number of hydrogen-bond donors (Lipinski definition) is 1. The first-order valence-corrected chi connectivity index (χ1v) is 8.36. The molecule has 0 aliphatic carbocycles. The zero-order chi connectivity index (χ0) is 15.7. The topological polar surface area (TPSA) is 137 Å². The van der Waals surface area contributed by atoms with Crippen molar-refractivity contribution in [3.8, 4) is 0 Å². The number of nitrogen functional groups attached to an aromatic ring is 1. The van der Waals surface area contributed by atoms with Gasteiger partial charge in [0.1, 0.15) is 18.1 Å². The number of fused-ring (bicyclic) bond motifs is 1. The molecule has 3 heterocycles. The summed E-state index contributed by atoms with van der Waals surface area (Å²) >= 11 is 0. The molecule has 1 aliphatic rings. The molecule has 1 saturated heterocycles. The largest absolute Gasteiger partial charge is 0.756 e. The van der Waals surface area contributed by atoms with Crippen molar-refractivity contribution < 1.29 is 23.0 Å². The summed E-state index contributed by atoms with van der Waals surface area (Å²) in [6.07, 6.45) is 3.58. The average Bonchev–Trinajstić information content (AvgIpc) is 3.12. The molecule has 0 saturated carbocycles. The SMILES string of the molecule is Nc1ncnc2c1ncn2C1CCC(COP(=O)([O-])OP)O1.[Li].[Li].[Li].[Li].